The van der Waals surface area contributed by atoms with Crippen molar-refractivity contribution in [2.24, 2.45) is 0 Å². The molecule has 0 aliphatic carbocycles. The first-order chi connectivity index (χ1) is 8.86. The maximum atomic E-state index is 2.32. The molecule has 2 aromatic rings. The third kappa shape index (κ3) is 1.63. The molecule has 2 heteroatoms. The molecule has 0 fully saturated rings. The van der Waals surface area contributed by atoms with Crippen LogP contribution >= 0.6 is 0 Å². The van der Waals surface area contributed by atoms with Gasteiger partial charge in [-0.25, -0.2) is 0 Å². The molecular weight excluding hydrogens is 214 g/mol. The summed E-state index contributed by atoms with van der Waals surface area (Å²) in [4.78, 5) is 0. The molecule has 0 spiro atoms. The fraction of sp³-hybridized carbons (Fsp3) is 0.250. The Labute approximate surface area is 111 Å². The van der Waals surface area contributed by atoms with E-state index in [1.54, 1.807) is 21.9 Å². The number of hydrogen-bond acceptors (Lipinski definition) is 0. The predicted molar refractivity (Wildman–Crippen MR) is 83.9 cm³/mol. The first-order valence-electron chi connectivity index (χ1n) is 7.04. The Bertz CT molecular complexity index is 465. The van der Waals surface area contributed by atoms with E-state index in [0.717, 1.165) is 0 Å². The molecule has 3 rings (SSSR count). The summed E-state index contributed by atoms with van der Waals surface area (Å²) in [5.74, 6) is 0. The van der Waals surface area contributed by atoms with Crippen molar-refractivity contribution in [3.05, 3.63) is 48.5 Å². The highest BCUT2D eigenvalue weighted by atomic mass is 14.1. The molecule has 18 heavy (non-hydrogen) atoms. The topological polar surface area (TPSA) is 0 Å². The summed E-state index contributed by atoms with van der Waals surface area (Å²) >= 11 is 0. The van der Waals surface area contributed by atoms with Crippen molar-refractivity contribution >= 4 is 35.3 Å². The van der Waals surface area contributed by atoms with Crippen LogP contribution in [0, 0.1) is 0 Å². The fourth-order valence-electron chi connectivity index (χ4n) is 3.51. The third-order valence-electron chi connectivity index (χ3n) is 4.31. The Morgan fingerprint density at radius 1 is 0.611 bits per heavy atom. The molecule has 0 amide bonds. The van der Waals surface area contributed by atoms with Crippen LogP contribution in [-0.4, -0.2) is 13.4 Å². The van der Waals surface area contributed by atoms with Crippen LogP contribution in [-0.2, 0) is 0 Å². The second-order valence-corrected chi connectivity index (χ2v) is 5.18. The summed E-state index contributed by atoms with van der Waals surface area (Å²) in [6, 6.07) is 18.0. The fourth-order valence-corrected chi connectivity index (χ4v) is 3.51. The van der Waals surface area contributed by atoms with Gasteiger partial charge in [-0.1, -0.05) is 96.9 Å². The zero-order chi connectivity index (χ0) is 12.5. The van der Waals surface area contributed by atoms with Gasteiger partial charge in [-0.15, -0.1) is 0 Å². The Morgan fingerprint density at radius 3 is 1.11 bits per heavy atom. The van der Waals surface area contributed by atoms with Crippen LogP contribution in [0.2, 0.25) is 12.6 Å². The van der Waals surface area contributed by atoms with E-state index in [0.29, 0.717) is 13.4 Å². The highest BCUT2D eigenvalue weighted by Gasteiger charge is 2.33. The van der Waals surface area contributed by atoms with E-state index in [2.05, 4.69) is 62.4 Å². The minimum Gasteiger partial charge on any atom is -0.0792 e. The van der Waals surface area contributed by atoms with Crippen LogP contribution in [0.25, 0.3) is 0 Å². The third-order valence-corrected chi connectivity index (χ3v) is 4.31. The summed E-state index contributed by atoms with van der Waals surface area (Å²) < 4.78 is 0. The lowest BCUT2D eigenvalue weighted by Crippen LogP contribution is -2.68. The molecule has 88 valence electrons. The molecule has 0 saturated heterocycles. The molecule has 0 bridgehead atoms. The molecule has 0 radical (unpaired) electrons. The Balaban J connectivity index is 2.25. The first-order valence-corrected chi connectivity index (χ1v) is 7.04. The first kappa shape index (κ1) is 11.6. The minimum atomic E-state index is 0.584. The van der Waals surface area contributed by atoms with Gasteiger partial charge >= 0.3 is 0 Å². The Kier molecular flexibility index (Phi) is 3.03. The number of fused-ring (bicyclic) bond motifs is 2. The van der Waals surface area contributed by atoms with Gasteiger partial charge in [0.05, 0.1) is 0 Å². The van der Waals surface area contributed by atoms with Gasteiger partial charge in [0.1, 0.15) is 0 Å². The van der Waals surface area contributed by atoms with E-state index in [1.807, 2.05) is 0 Å². The minimum absolute atomic E-state index is 0.584. The van der Waals surface area contributed by atoms with Crippen LogP contribution in [0.15, 0.2) is 48.5 Å². The molecule has 0 atom stereocenters. The summed E-state index contributed by atoms with van der Waals surface area (Å²) in [5, 5.41) is 0. The van der Waals surface area contributed by atoms with Crippen molar-refractivity contribution in [3.63, 3.8) is 0 Å². The van der Waals surface area contributed by atoms with E-state index in [-0.39, 0.29) is 0 Å². The van der Waals surface area contributed by atoms with E-state index in [9.17, 15) is 0 Å². The van der Waals surface area contributed by atoms with Crippen LogP contribution in [0.3, 0.4) is 0 Å². The molecule has 2 aromatic carbocycles. The zero-order valence-corrected chi connectivity index (χ0v) is 11.2. The van der Waals surface area contributed by atoms with Crippen LogP contribution < -0.4 is 21.9 Å². The van der Waals surface area contributed by atoms with Crippen molar-refractivity contribution in [2.75, 3.05) is 0 Å². The van der Waals surface area contributed by atoms with Gasteiger partial charge in [0.2, 0.25) is 13.4 Å². The van der Waals surface area contributed by atoms with Gasteiger partial charge in [0.25, 0.3) is 0 Å². The molecular formula is C16H18B2. The van der Waals surface area contributed by atoms with Gasteiger partial charge in [0, 0.05) is 0 Å². The summed E-state index contributed by atoms with van der Waals surface area (Å²) in [5.41, 5.74) is 6.19. The second-order valence-electron chi connectivity index (χ2n) is 5.18. The second kappa shape index (κ2) is 4.68. The molecule has 1 heterocycles. The van der Waals surface area contributed by atoms with Gasteiger partial charge < -0.3 is 0 Å². The van der Waals surface area contributed by atoms with Crippen LogP contribution in [0.1, 0.15) is 13.8 Å². The molecule has 0 N–H and O–H groups in total. The number of rotatable bonds is 2. The largest absolute Gasteiger partial charge is 0.207 e. The molecule has 1 aliphatic rings. The van der Waals surface area contributed by atoms with E-state index < -0.39 is 0 Å². The lowest BCUT2D eigenvalue weighted by atomic mass is 9.22. The van der Waals surface area contributed by atoms with Crippen molar-refractivity contribution in [1.82, 2.24) is 0 Å². The Morgan fingerprint density at radius 2 is 0.889 bits per heavy atom. The highest BCUT2D eigenvalue weighted by molar-refractivity contribution is 7.02. The van der Waals surface area contributed by atoms with Gasteiger partial charge in [-0.05, 0) is 0 Å². The van der Waals surface area contributed by atoms with Crippen molar-refractivity contribution in [2.45, 2.75) is 26.5 Å². The molecule has 0 aromatic heterocycles. The summed E-state index contributed by atoms with van der Waals surface area (Å²) in [7, 11) is 0. The lowest BCUT2D eigenvalue weighted by Gasteiger charge is -2.30. The van der Waals surface area contributed by atoms with Gasteiger partial charge in [0.15, 0.2) is 0 Å². The van der Waals surface area contributed by atoms with Crippen molar-refractivity contribution in [1.29, 1.82) is 0 Å². The van der Waals surface area contributed by atoms with Crippen LogP contribution in [0.5, 0.6) is 0 Å². The SMILES string of the molecule is CCB1c2ccccc2B(CC)c2ccccc21. The zero-order valence-electron chi connectivity index (χ0n) is 11.2. The number of benzene rings is 2. The van der Waals surface area contributed by atoms with E-state index in [1.165, 1.54) is 12.6 Å². The maximum Gasteiger partial charge on any atom is 0.207 e. The monoisotopic (exact) mass is 232 g/mol. The summed E-state index contributed by atoms with van der Waals surface area (Å²) in [6.07, 6.45) is 2.37. The lowest BCUT2D eigenvalue weighted by molar-refractivity contribution is 1.42. The van der Waals surface area contributed by atoms with E-state index >= 15 is 0 Å². The molecule has 0 nitrogen and oxygen atoms in total. The molecule has 1 aliphatic heterocycles. The van der Waals surface area contributed by atoms with E-state index in [4.69, 9.17) is 0 Å². The smallest absolute Gasteiger partial charge is 0.0792 e. The Hall–Kier alpha value is -1.43. The highest BCUT2D eigenvalue weighted by Crippen LogP contribution is 2.04. The quantitative estimate of drug-likeness (QED) is 0.683. The molecule has 0 saturated carbocycles. The maximum absolute atomic E-state index is 2.32. The van der Waals surface area contributed by atoms with Gasteiger partial charge in [-0.3, -0.25) is 0 Å². The van der Waals surface area contributed by atoms with Gasteiger partial charge in [-0.2, -0.15) is 0 Å². The van der Waals surface area contributed by atoms with Crippen molar-refractivity contribution < 1.29 is 0 Å². The molecule has 0 unspecified atom stereocenters. The summed E-state index contributed by atoms with van der Waals surface area (Å²) in [6.45, 7) is 5.76. The van der Waals surface area contributed by atoms with Crippen molar-refractivity contribution in [3.8, 4) is 0 Å². The normalized spacial score (nSPS) is 13.2. The number of hydrogen-bond donors (Lipinski definition) is 0. The average molecular weight is 232 g/mol. The standard InChI is InChI=1S/C16H18B2/c1-3-17-13-9-5-7-11-15(13)18(4-2)16-12-8-6-10-14(16)17/h5-12H,3-4H2,1-2H3. The average Bonchev–Trinajstić information content (AvgIpc) is 2.44. The van der Waals surface area contributed by atoms with Crippen LogP contribution in [0.4, 0.5) is 0 Å². The predicted octanol–water partition coefficient (Wildman–Crippen LogP) is 1.26.